The molecule has 0 spiro atoms. The molecule has 1 unspecified atom stereocenters. The number of hydrogen-bond acceptors (Lipinski definition) is 3. The fourth-order valence-electron chi connectivity index (χ4n) is 3.58. The first kappa shape index (κ1) is 17.4. The standard InChI is InChI=1S/C18H21FN2O4/c19-14-10-15-11(4-6-16(22)20-15)9-13(14)18(25)21-8-2-1-3-12(21)5-7-17(23)24/h9-10,12H,1-8H2,(H,20,22)(H,23,24). The zero-order chi connectivity index (χ0) is 18.0. The van der Waals surface area contributed by atoms with E-state index in [0.717, 1.165) is 24.8 Å². The Hall–Kier alpha value is -2.44. The molecular weight excluding hydrogens is 327 g/mol. The molecule has 2 aliphatic rings. The molecule has 2 aliphatic heterocycles. The summed E-state index contributed by atoms with van der Waals surface area (Å²) in [5, 5.41) is 11.5. The molecule has 0 aromatic heterocycles. The van der Waals surface area contributed by atoms with Crippen LogP contribution in [0.3, 0.4) is 0 Å². The van der Waals surface area contributed by atoms with Crippen molar-refractivity contribution >= 4 is 23.5 Å². The van der Waals surface area contributed by atoms with Gasteiger partial charge in [-0.3, -0.25) is 14.4 Å². The van der Waals surface area contributed by atoms with Crippen molar-refractivity contribution in [3.8, 4) is 0 Å². The molecule has 1 saturated heterocycles. The molecule has 1 fully saturated rings. The number of benzene rings is 1. The van der Waals surface area contributed by atoms with Gasteiger partial charge in [-0.15, -0.1) is 0 Å². The Kier molecular flexibility index (Phi) is 5.01. The van der Waals surface area contributed by atoms with Crippen LogP contribution in [0, 0.1) is 5.82 Å². The van der Waals surface area contributed by atoms with Gasteiger partial charge in [0, 0.05) is 31.1 Å². The Balaban J connectivity index is 1.83. The number of anilines is 1. The molecule has 0 radical (unpaired) electrons. The van der Waals surface area contributed by atoms with Crippen LogP contribution in [0.25, 0.3) is 0 Å². The lowest BCUT2D eigenvalue weighted by molar-refractivity contribution is -0.137. The number of nitrogens with zero attached hydrogens (tertiary/aromatic N) is 1. The lowest BCUT2D eigenvalue weighted by Gasteiger charge is -2.36. The second-order valence-corrected chi connectivity index (χ2v) is 6.62. The smallest absolute Gasteiger partial charge is 0.303 e. The predicted octanol–water partition coefficient (Wildman–Crippen LogP) is 2.57. The second kappa shape index (κ2) is 7.21. The van der Waals surface area contributed by atoms with Crippen molar-refractivity contribution in [3.63, 3.8) is 0 Å². The van der Waals surface area contributed by atoms with Crippen molar-refractivity contribution < 1.29 is 23.9 Å². The summed E-state index contributed by atoms with van der Waals surface area (Å²) in [4.78, 5) is 36.7. The van der Waals surface area contributed by atoms with Crippen LogP contribution in [0.4, 0.5) is 10.1 Å². The average Bonchev–Trinajstić information content (AvgIpc) is 2.59. The molecule has 2 heterocycles. The minimum atomic E-state index is -0.895. The third kappa shape index (κ3) is 3.81. The topological polar surface area (TPSA) is 86.7 Å². The maximum atomic E-state index is 14.5. The molecule has 134 valence electrons. The van der Waals surface area contributed by atoms with E-state index in [9.17, 15) is 18.8 Å². The maximum Gasteiger partial charge on any atom is 0.303 e. The second-order valence-electron chi connectivity index (χ2n) is 6.62. The van der Waals surface area contributed by atoms with Gasteiger partial charge in [0.2, 0.25) is 5.91 Å². The van der Waals surface area contributed by atoms with Gasteiger partial charge in [0.1, 0.15) is 5.82 Å². The Morgan fingerprint density at radius 3 is 2.84 bits per heavy atom. The number of aryl methyl sites for hydroxylation is 1. The number of nitrogens with one attached hydrogen (secondary N) is 1. The Bertz CT molecular complexity index is 719. The van der Waals surface area contributed by atoms with Crippen LogP contribution in [0.1, 0.15) is 54.4 Å². The number of likely N-dealkylation sites (tertiary alicyclic amines) is 1. The fourth-order valence-corrected chi connectivity index (χ4v) is 3.58. The van der Waals surface area contributed by atoms with Gasteiger partial charge in [-0.1, -0.05) is 0 Å². The normalized spacial score (nSPS) is 20.0. The van der Waals surface area contributed by atoms with Crippen LogP contribution in [0.15, 0.2) is 12.1 Å². The molecule has 1 atom stereocenters. The average molecular weight is 348 g/mol. The molecule has 1 aromatic carbocycles. The fraction of sp³-hybridized carbons (Fsp3) is 0.500. The third-order valence-electron chi connectivity index (χ3n) is 4.90. The van der Waals surface area contributed by atoms with Gasteiger partial charge in [0.25, 0.3) is 5.91 Å². The number of carbonyl (C=O) groups is 3. The number of carboxylic acids is 1. The van der Waals surface area contributed by atoms with Crippen molar-refractivity contribution in [2.45, 2.75) is 51.0 Å². The molecule has 25 heavy (non-hydrogen) atoms. The summed E-state index contributed by atoms with van der Waals surface area (Å²) in [5.41, 5.74) is 1.17. The number of amides is 2. The Labute approximate surface area is 145 Å². The van der Waals surface area contributed by atoms with E-state index in [1.807, 2.05) is 0 Å². The van der Waals surface area contributed by atoms with Crippen LogP contribution < -0.4 is 5.32 Å². The Morgan fingerprint density at radius 1 is 1.28 bits per heavy atom. The van der Waals surface area contributed by atoms with Gasteiger partial charge >= 0.3 is 5.97 Å². The third-order valence-corrected chi connectivity index (χ3v) is 4.90. The van der Waals surface area contributed by atoms with Crippen molar-refractivity contribution in [2.75, 3.05) is 11.9 Å². The van der Waals surface area contributed by atoms with Crippen molar-refractivity contribution in [1.82, 2.24) is 4.90 Å². The summed E-state index contributed by atoms with van der Waals surface area (Å²) < 4.78 is 14.5. The van der Waals surface area contributed by atoms with E-state index in [4.69, 9.17) is 5.11 Å². The van der Waals surface area contributed by atoms with E-state index < -0.39 is 17.7 Å². The minimum absolute atomic E-state index is 0.00266. The highest BCUT2D eigenvalue weighted by Gasteiger charge is 2.30. The summed E-state index contributed by atoms with van der Waals surface area (Å²) in [7, 11) is 0. The first-order valence-electron chi connectivity index (χ1n) is 8.60. The highest BCUT2D eigenvalue weighted by molar-refractivity contribution is 5.98. The monoisotopic (exact) mass is 348 g/mol. The Morgan fingerprint density at radius 2 is 2.08 bits per heavy atom. The highest BCUT2D eigenvalue weighted by Crippen LogP contribution is 2.29. The molecule has 0 aliphatic carbocycles. The molecule has 6 nitrogen and oxygen atoms in total. The lowest BCUT2D eigenvalue weighted by atomic mass is 9.95. The SMILES string of the molecule is O=C(O)CCC1CCCCN1C(=O)c1cc2c(cc1F)NC(=O)CC2. The summed E-state index contributed by atoms with van der Waals surface area (Å²) in [5.74, 6) is -2.11. The van der Waals surface area contributed by atoms with Gasteiger partial charge in [0.05, 0.1) is 5.56 Å². The van der Waals surface area contributed by atoms with Crippen LogP contribution in [-0.2, 0) is 16.0 Å². The number of halogens is 1. The summed E-state index contributed by atoms with van der Waals surface area (Å²) >= 11 is 0. The first-order valence-corrected chi connectivity index (χ1v) is 8.60. The molecule has 7 heteroatoms. The molecule has 3 rings (SSSR count). The van der Waals surface area contributed by atoms with Crippen molar-refractivity contribution in [2.24, 2.45) is 0 Å². The number of carbonyl (C=O) groups excluding carboxylic acids is 2. The number of piperidine rings is 1. The van der Waals surface area contributed by atoms with E-state index in [1.165, 1.54) is 12.1 Å². The molecule has 2 amide bonds. The zero-order valence-corrected chi connectivity index (χ0v) is 13.9. The van der Waals surface area contributed by atoms with Crippen molar-refractivity contribution in [3.05, 3.63) is 29.1 Å². The van der Waals surface area contributed by atoms with Crippen LogP contribution in [0.2, 0.25) is 0 Å². The van der Waals surface area contributed by atoms with Gasteiger partial charge in [-0.25, -0.2) is 4.39 Å². The number of hydrogen-bond donors (Lipinski definition) is 2. The molecule has 0 bridgehead atoms. The van der Waals surface area contributed by atoms with Gasteiger partial charge in [-0.05, 0) is 49.8 Å². The maximum absolute atomic E-state index is 14.5. The molecule has 1 aromatic rings. The van der Waals surface area contributed by atoms with E-state index in [2.05, 4.69) is 5.32 Å². The van der Waals surface area contributed by atoms with E-state index >= 15 is 0 Å². The molecule has 0 saturated carbocycles. The number of rotatable bonds is 4. The van der Waals surface area contributed by atoms with Crippen LogP contribution >= 0.6 is 0 Å². The van der Waals surface area contributed by atoms with Gasteiger partial charge < -0.3 is 15.3 Å². The number of carboxylic acid groups (broad SMARTS) is 1. The van der Waals surface area contributed by atoms with Gasteiger partial charge in [0.15, 0.2) is 0 Å². The first-order chi connectivity index (χ1) is 12.0. The van der Waals surface area contributed by atoms with Crippen molar-refractivity contribution in [1.29, 1.82) is 0 Å². The van der Waals surface area contributed by atoms with Crippen LogP contribution in [-0.4, -0.2) is 40.4 Å². The number of aliphatic carboxylic acids is 1. The van der Waals surface area contributed by atoms with E-state index in [0.29, 0.717) is 31.5 Å². The van der Waals surface area contributed by atoms with E-state index in [-0.39, 0.29) is 23.9 Å². The zero-order valence-electron chi connectivity index (χ0n) is 13.9. The summed E-state index contributed by atoms with van der Waals surface area (Å²) in [6.45, 7) is 0.510. The molecule has 2 N–H and O–H groups in total. The van der Waals surface area contributed by atoms with Gasteiger partial charge in [-0.2, -0.15) is 0 Å². The van der Waals surface area contributed by atoms with Crippen LogP contribution in [0.5, 0.6) is 0 Å². The molecular formula is C18H21FN2O4. The van der Waals surface area contributed by atoms with E-state index in [1.54, 1.807) is 4.90 Å². The largest absolute Gasteiger partial charge is 0.481 e. The highest BCUT2D eigenvalue weighted by atomic mass is 19.1. The number of fused-ring (bicyclic) bond motifs is 1. The lowest BCUT2D eigenvalue weighted by Crippen LogP contribution is -2.44. The summed E-state index contributed by atoms with van der Waals surface area (Å²) in [6, 6.07) is 2.55. The minimum Gasteiger partial charge on any atom is -0.481 e. The predicted molar refractivity (Wildman–Crippen MR) is 88.9 cm³/mol. The summed E-state index contributed by atoms with van der Waals surface area (Å²) in [6.07, 6.45) is 3.67. The quantitative estimate of drug-likeness (QED) is 0.875.